The van der Waals surface area contributed by atoms with Gasteiger partial charge in [0.2, 0.25) is 0 Å². The van der Waals surface area contributed by atoms with Crippen LogP contribution in [0.25, 0.3) is 0 Å². The molecule has 1 saturated heterocycles. The number of benzene rings is 1. The fourth-order valence-corrected chi connectivity index (χ4v) is 2.63. The van der Waals surface area contributed by atoms with Gasteiger partial charge in [-0.05, 0) is 36.0 Å². The second-order valence-corrected chi connectivity index (χ2v) is 6.75. The Morgan fingerprint density at radius 1 is 1.42 bits per heavy atom. The highest BCUT2D eigenvalue weighted by Gasteiger charge is 2.34. The van der Waals surface area contributed by atoms with Gasteiger partial charge in [0.25, 0.3) is 5.91 Å². The van der Waals surface area contributed by atoms with Crippen LogP contribution in [0.5, 0.6) is 0 Å². The Bertz CT molecular complexity index is 493. The molecule has 0 saturated carbocycles. The maximum atomic E-state index is 12.4. The SMILES string of the molecule is CC(C)(C)C1CCN(C(=O)c2ccc(Cl)c(N)c2)C1. The summed E-state index contributed by atoms with van der Waals surface area (Å²) in [5.41, 5.74) is 7.07. The number of rotatable bonds is 1. The van der Waals surface area contributed by atoms with Crippen molar-refractivity contribution < 1.29 is 4.79 Å². The third kappa shape index (κ3) is 3.03. The van der Waals surface area contributed by atoms with E-state index in [9.17, 15) is 4.79 Å². The van der Waals surface area contributed by atoms with Gasteiger partial charge in [0.15, 0.2) is 0 Å². The number of likely N-dealkylation sites (tertiary alicyclic amines) is 1. The number of amides is 1. The van der Waals surface area contributed by atoms with Crippen LogP contribution in [0, 0.1) is 11.3 Å². The van der Waals surface area contributed by atoms with Crippen molar-refractivity contribution in [3.8, 4) is 0 Å². The van der Waals surface area contributed by atoms with Gasteiger partial charge in [-0.3, -0.25) is 4.79 Å². The number of nitrogens with two attached hydrogens (primary N) is 1. The number of halogens is 1. The van der Waals surface area contributed by atoms with Crippen LogP contribution in [-0.4, -0.2) is 23.9 Å². The zero-order valence-corrected chi connectivity index (χ0v) is 12.5. The number of hydrogen-bond donors (Lipinski definition) is 1. The first kappa shape index (κ1) is 14.2. The molecule has 1 fully saturated rings. The summed E-state index contributed by atoms with van der Waals surface area (Å²) in [5.74, 6) is 0.608. The molecule has 1 aliphatic rings. The van der Waals surface area contributed by atoms with Gasteiger partial charge < -0.3 is 10.6 Å². The van der Waals surface area contributed by atoms with E-state index >= 15 is 0 Å². The van der Waals surface area contributed by atoms with E-state index < -0.39 is 0 Å². The Morgan fingerprint density at radius 3 is 2.63 bits per heavy atom. The maximum absolute atomic E-state index is 12.4. The summed E-state index contributed by atoms with van der Waals surface area (Å²) in [4.78, 5) is 14.3. The lowest BCUT2D eigenvalue weighted by molar-refractivity contribution is 0.0776. The molecule has 19 heavy (non-hydrogen) atoms. The summed E-state index contributed by atoms with van der Waals surface area (Å²) in [5, 5.41) is 0.491. The van der Waals surface area contributed by atoms with E-state index in [0.29, 0.717) is 22.2 Å². The first-order chi connectivity index (χ1) is 8.79. The minimum Gasteiger partial charge on any atom is -0.398 e. The molecule has 2 rings (SSSR count). The smallest absolute Gasteiger partial charge is 0.253 e. The molecular weight excluding hydrogens is 260 g/mol. The predicted octanol–water partition coefficient (Wildman–Crippen LogP) is 3.43. The molecule has 1 aliphatic heterocycles. The molecule has 1 aromatic rings. The lowest BCUT2D eigenvalue weighted by atomic mass is 9.80. The molecule has 4 heteroatoms. The first-order valence-corrected chi connectivity index (χ1v) is 7.01. The van der Waals surface area contributed by atoms with E-state index in [1.165, 1.54) is 0 Å². The van der Waals surface area contributed by atoms with Gasteiger partial charge in [0, 0.05) is 18.7 Å². The van der Waals surface area contributed by atoms with E-state index in [-0.39, 0.29) is 11.3 Å². The van der Waals surface area contributed by atoms with Crippen molar-refractivity contribution >= 4 is 23.2 Å². The summed E-state index contributed by atoms with van der Waals surface area (Å²) < 4.78 is 0. The van der Waals surface area contributed by atoms with Crippen molar-refractivity contribution in [2.75, 3.05) is 18.8 Å². The molecule has 104 valence electrons. The van der Waals surface area contributed by atoms with E-state index in [1.807, 2.05) is 4.90 Å². The molecule has 1 heterocycles. The maximum Gasteiger partial charge on any atom is 0.253 e. The van der Waals surface area contributed by atoms with E-state index in [2.05, 4.69) is 20.8 Å². The van der Waals surface area contributed by atoms with Crippen molar-refractivity contribution in [1.29, 1.82) is 0 Å². The highest BCUT2D eigenvalue weighted by Crippen LogP contribution is 2.34. The third-order valence-electron chi connectivity index (χ3n) is 3.94. The van der Waals surface area contributed by atoms with Gasteiger partial charge in [-0.2, -0.15) is 0 Å². The summed E-state index contributed by atoms with van der Waals surface area (Å²) in [6.45, 7) is 8.33. The Morgan fingerprint density at radius 2 is 2.11 bits per heavy atom. The topological polar surface area (TPSA) is 46.3 Å². The fourth-order valence-electron chi connectivity index (χ4n) is 2.51. The lowest BCUT2D eigenvalue weighted by Gasteiger charge is -2.27. The van der Waals surface area contributed by atoms with E-state index in [4.69, 9.17) is 17.3 Å². The summed E-state index contributed by atoms with van der Waals surface area (Å²) in [7, 11) is 0. The number of nitrogen functional groups attached to an aromatic ring is 1. The number of hydrogen-bond acceptors (Lipinski definition) is 2. The molecule has 2 N–H and O–H groups in total. The summed E-state index contributed by atoms with van der Waals surface area (Å²) in [6.07, 6.45) is 1.07. The molecule has 1 unspecified atom stereocenters. The first-order valence-electron chi connectivity index (χ1n) is 6.63. The van der Waals surface area contributed by atoms with Crippen molar-refractivity contribution in [1.82, 2.24) is 4.90 Å². The summed E-state index contributed by atoms with van der Waals surface area (Å²) in [6, 6.07) is 5.09. The number of carbonyl (C=O) groups excluding carboxylic acids is 1. The Hall–Kier alpha value is -1.22. The van der Waals surface area contributed by atoms with E-state index in [1.54, 1.807) is 18.2 Å². The van der Waals surface area contributed by atoms with Crippen LogP contribution in [0.1, 0.15) is 37.6 Å². The third-order valence-corrected chi connectivity index (χ3v) is 4.29. The molecular formula is C15H21ClN2O. The highest BCUT2D eigenvalue weighted by molar-refractivity contribution is 6.33. The molecule has 1 aromatic carbocycles. The minimum atomic E-state index is 0.0510. The van der Waals surface area contributed by atoms with Crippen molar-refractivity contribution in [3.63, 3.8) is 0 Å². The molecule has 0 aromatic heterocycles. The van der Waals surface area contributed by atoms with Crippen LogP contribution in [0.3, 0.4) is 0 Å². The monoisotopic (exact) mass is 280 g/mol. The average Bonchev–Trinajstić information content (AvgIpc) is 2.81. The molecule has 0 bridgehead atoms. The van der Waals surface area contributed by atoms with Crippen molar-refractivity contribution in [2.45, 2.75) is 27.2 Å². The highest BCUT2D eigenvalue weighted by atomic mass is 35.5. The Kier molecular flexibility index (Phi) is 3.77. The van der Waals surface area contributed by atoms with Crippen molar-refractivity contribution in [2.24, 2.45) is 11.3 Å². The summed E-state index contributed by atoms with van der Waals surface area (Å²) >= 11 is 5.88. The molecule has 1 atom stereocenters. The van der Waals surface area contributed by atoms with E-state index in [0.717, 1.165) is 19.5 Å². The second kappa shape index (κ2) is 5.04. The van der Waals surface area contributed by atoms with Crippen LogP contribution in [0.4, 0.5) is 5.69 Å². The average molecular weight is 281 g/mol. The zero-order chi connectivity index (χ0) is 14.2. The molecule has 1 amide bonds. The van der Waals surface area contributed by atoms with Crippen LogP contribution >= 0.6 is 11.6 Å². The van der Waals surface area contributed by atoms with Crippen LogP contribution < -0.4 is 5.73 Å². The lowest BCUT2D eigenvalue weighted by Crippen LogP contribution is -2.31. The van der Waals surface area contributed by atoms with Crippen LogP contribution in [0.15, 0.2) is 18.2 Å². The zero-order valence-electron chi connectivity index (χ0n) is 11.7. The Balaban J connectivity index is 2.11. The van der Waals surface area contributed by atoms with Gasteiger partial charge in [0.1, 0.15) is 0 Å². The molecule has 0 spiro atoms. The largest absolute Gasteiger partial charge is 0.398 e. The number of carbonyl (C=O) groups is 1. The number of anilines is 1. The molecule has 3 nitrogen and oxygen atoms in total. The van der Waals surface area contributed by atoms with Gasteiger partial charge in [-0.25, -0.2) is 0 Å². The van der Waals surface area contributed by atoms with Gasteiger partial charge in [0.05, 0.1) is 10.7 Å². The fraction of sp³-hybridized carbons (Fsp3) is 0.533. The number of nitrogens with zero attached hydrogens (tertiary/aromatic N) is 1. The van der Waals surface area contributed by atoms with Gasteiger partial charge >= 0.3 is 0 Å². The normalized spacial score (nSPS) is 19.8. The standard InChI is InChI=1S/C15H21ClN2O/c1-15(2,3)11-6-7-18(9-11)14(19)10-4-5-12(16)13(17)8-10/h4-5,8,11H,6-7,9,17H2,1-3H3. The minimum absolute atomic E-state index is 0.0510. The van der Waals surface area contributed by atoms with Crippen molar-refractivity contribution in [3.05, 3.63) is 28.8 Å². The van der Waals surface area contributed by atoms with Gasteiger partial charge in [-0.1, -0.05) is 32.4 Å². The molecule has 0 radical (unpaired) electrons. The van der Waals surface area contributed by atoms with Gasteiger partial charge in [-0.15, -0.1) is 0 Å². The van der Waals surface area contributed by atoms with Crippen LogP contribution in [0.2, 0.25) is 5.02 Å². The van der Waals surface area contributed by atoms with Crippen LogP contribution in [-0.2, 0) is 0 Å². The predicted molar refractivity (Wildman–Crippen MR) is 79.3 cm³/mol. The second-order valence-electron chi connectivity index (χ2n) is 6.34. The Labute approximate surface area is 119 Å². The quantitative estimate of drug-likeness (QED) is 0.801. The molecule has 0 aliphatic carbocycles.